The Morgan fingerprint density at radius 3 is 2.33 bits per heavy atom. The van der Waals surface area contributed by atoms with Gasteiger partial charge in [0.25, 0.3) is 0 Å². The van der Waals surface area contributed by atoms with E-state index in [1.165, 1.54) is 19.2 Å². The highest BCUT2D eigenvalue weighted by atomic mass is 32.2. The normalized spacial score (nSPS) is 13.0. The van der Waals surface area contributed by atoms with E-state index in [0.717, 1.165) is 21.0 Å². The van der Waals surface area contributed by atoms with Gasteiger partial charge in [0.15, 0.2) is 0 Å². The van der Waals surface area contributed by atoms with E-state index in [0.29, 0.717) is 24.0 Å². The molecule has 210 valence electrons. The van der Waals surface area contributed by atoms with Crippen LogP contribution < -0.4 is 5.32 Å². The van der Waals surface area contributed by atoms with Crippen LogP contribution in [0, 0.1) is 12.7 Å². The summed E-state index contributed by atoms with van der Waals surface area (Å²) in [5.41, 5.74) is 3.39. The van der Waals surface area contributed by atoms with Crippen molar-refractivity contribution in [2.24, 2.45) is 0 Å². The number of carboxylic acid groups (broad SMARTS) is 1. The second kappa shape index (κ2) is 12.8. The average Bonchev–Trinajstić information content (AvgIpc) is 2.88. The van der Waals surface area contributed by atoms with Crippen LogP contribution in [-0.4, -0.2) is 60.7 Å². The predicted octanol–water partition coefficient (Wildman–Crippen LogP) is 4.41. The van der Waals surface area contributed by atoms with Gasteiger partial charge in [-0.25, -0.2) is 12.8 Å². The Balaban J connectivity index is 1.61. The lowest BCUT2D eigenvalue weighted by Gasteiger charge is -2.29. The Morgan fingerprint density at radius 1 is 1.03 bits per heavy atom. The van der Waals surface area contributed by atoms with Gasteiger partial charge in [-0.15, -0.1) is 0 Å². The third-order valence-corrected chi connectivity index (χ3v) is 8.44. The van der Waals surface area contributed by atoms with Crippen molar-refractivity contribution < 1.29 is 27.8 Å². The molecule has 0 saturated heterocycles. The number of halogens is 1. The van der Waals surface area contributed by atoms with Crippen molar-refractivity contribution >= 4 is 16.0 Å². The molecule has 3 rings (SSSR count). The monoisotopic (exact) mass is 556 g/mol. The minimum atomic E-state index is -3.86. The molecular formula is C30H37FN2O5S. The first-order valence-electron chi connectivity index (χ1n) is 12.8. The van der Waals surface area contributed by atoms with E-state index in [2.05, 4.69) is 5.32 Å². The lowest BCUT2D eigenvalue weighted by Crippen LogP contribution is -2.47. The summed E-state index contributed by atoms with van der Waals surface area (Å²) in [6.07, 6.45) is 0.0530. The molecule has 1 atom stereocenters. The number of benzene rings is 3. The van der Waals surface area contributed by atoms with E-state index in [9.17, 15) is 22.7 Å². The van der Waals surface area contributed by atoms with Crippen molar-refractivity contribution in [1.29, 1.82) is 0 Å². The lowest BCUT2D eigenvalue weighted by atomic mass is 9.94. The molecule has 3 N–H and O–H groups in total. The van der Waals surface area contributed by atoms with Gasteiger partial charge < -0.3 is 15.5 Å². The zero-order valence-electron chi connectivity index (χ0n) is 22.8. The van der Waals surface area contributed by atoms with Crippen LogP contribution in [0.25, 0.3) is 11.1 Å². The van der Waals surface area contributed by atoms with Crippen LogP contribution in [0.3, 0.4) is 0 Å². The Bertz CT molecular complexity index is 1390. The molecular weight excluding hydrogens is 519 g/mol. The number of nitrogens with one attached hydrogen (secondary N) is 1. The first-order valence-corrected chi connectivity index (χ1v) is 14.3. The Morgan fingerprint density at radius 2 is 1.69 bits per heavy atom. The topological polar surface area (TPSA) is 107 Å². The predicted molar refractivity (Wildman–Crippen MR) is 151 cm³/mol. The van der Waals surface area contributed by atoms with Crippen LogP contribution >= 0.6 is 0 Å². The number of hydrogen-bond acceptors (Lipinski definition) is 5. The standard InChI is InChI=1S/C30H37FN2O5S/c1-21-8-9-23(16-28(21)31)18-30(2,3)32-19-26(34)20-33(4)39(37,38)27-7-5-6-25(17-27)24-13-10-22(11-14-24)12-15-29(35)36/h5-11,13-14,16-17,26,32,34H,12,15,18-20H2,1-4H3,(H,35,36)/t26-/m1/s1. The van der Waals surface area contributed by atoms with Gasteiger partial charge >= 0.3 is 5.97 Å². The molecule has 9 heteroatoms. The van der Waals surface area contributed by atoms with Crippen molar-refractivity contribution in [3.63, 3.8) is 0 Å². The highest BCUT2D eigenvalue weighted by molar-refractivity contribution is 7.89. The molecule has 0 fully saturated rings. The van der Waals surface area contributed by atoms with Gasteiger partial charge in [0.05, 0.1) is 11.0 Å². The quantitative estimate of drug-likeness (QED) is 0.288. The van der Waals surface area contributed by atoms with E-state index in [-0.39, 0.29) is 30.2 Å². The lowest BCUT2D eigenvalue weighted by molar-refractivity contribution is -0.136. The Hall–Kier alpha value is -3.11. The van der Waals surface area contributed by atoms with E-state index >= 15 is 0 Å². The van der Waals surface area contributed by atoms with Gasteiger partial charge in [0, 0.05) is 32.1 Å². The minimum Gasteiger partial charge on any atom is -0.481 e. The third kappa shape index (κ3) is 8.69. The van der Waals surface area contributed by atoms with Gasteiger partial charge in [-0.3, -0.25) is 4.79 Å². The number of carbonyl (C=O) groups is 1. The average molecular weight is 557 g/mol. The molecule has 0 amide bonds. The molecule has 0 bridgehead atoms. The summed E-state index contributed by atoms with van der Waals surface area (Å²) in [6, 6.07) is 19.1. The van der Waals surface area contributed by atoms with Gasteiger partial charge in [-0.1, -0.05) is 48.5 Å². The summed E-state index contributed by atoms with van der Waals surface area (Å²) < 4.78 is 41.6. The van der Waals surface area contributed by atoms with Gasteiger partial charge in [-0.05, 0) is 79.6 Å². The summed E-state index contributed by atoms with van der Waals surface area (Å²) >= 11 is 0. The zero-order chi connectivity index (χ0) is 28.8. The van der Waals surface area contributed by atoms with Crippen molar-refractivity contribution in [3.05, 3.63) is 89.2 Å². The SMILES string of the molecule is Cc1ccc(CC(C)(C)NC[C@@H](O)CN(C)S(=O)(=O)c2cccc(-c3ccc(CCC(=O)O)cc3)c2)cc1F. The summed E-state index contributed by atoms with van der Waals surface area (Å²) in [4.78, 5) is 10.9. The molecule has 0 saturated carbocycles. The first-order chi connectivity index (χ1) is 18.3. The summed E-state index contributed by atoms with van der Waals surface area (Å²) in [7, 11) is -2.43. The first kappa shape index (κ1) is 30.4. The van der Waals surface area contributed by atoms with Gasteiger partial charge in [-0.2, -0.15) is 4.31 Å². The minimum absolute atomic E-state index is 0.0466. The fraction of sp³-hybridized carbons (Fsp3) is 0.367. The van der Waals surface area contributed by atoms with Crippen molar-refractivity contribution in [3.8, 4) is 11.1 Å². The smallest absolute Gasteiger partial charge is 0.303 e. The van der Waals surface area contributed by atoms with Crippen LogP contribution in [0.5, 0.6) is 0 Å². The highest BCUT2D eigenvalue weighted by Gasteiger charge is 2.25. The van der Waals surface area contributed by atoms with Crippen LogP contribution in [0.1, 0.15) is 37.0 Å². The molecule has 0 aliphatic carbocycles. The maximum absolute atomic E-state index is 13.9. The number of aliphatic carboxylic acids is 1. The number of carboxylic acids is 1. The van der Waals surface area contributed by atoms with Crippen LogP contribution in [-0.2, 0) is 27.7 Å². The van der Waals surface area contributed by atoms with E-state index in [1.807, 2.05) is 50.2 Å². The zero-order valence-corrected chi connectivity index (χ0v) is 23.6. The molecule has 0 radical (unpaired) electrons. The molecule has 0 spiro atoms. The van der Waals surface area contributed by atoms with E-state index in [1.54, 1.807) is 25.1 Å². The molecule has 0 aromatic heterocycles. The number of aryl methyl sites for hydroxylation is 2. The van der Waals surface area contributed by atoms with Crippen molar-refractivity contribution in [2.45, 2.75) is 56.6 Å². The molecule has 0 aliphatic heterocycles. The number of likely N-dealkylation sites (N-methyl/N-ethyl adjacent to an activating group) is 1. The van der Waals surface area contributed by atoms with Crippen molar-refractivity contribution in [1.82, 2.24) is 9.62 Å². The second-order valence-electron chi connectivity index (χ2n) is 10.6. The number of sulfonamides is 1. The fourth-order valence-electron chi connectivity index (χ4n) is 4.30. The number of nitrogens with zero attached hydrogens (tertiary/aromatic N) is 1. The fourth-order valence-corrected chi connectivity index (χ4v) is 5.56. The number of hydrogen-bond donors (Lipinski definition) is 3. The van der Waals surface area contributed by atoms with E-state index in [4.69, 9.17) is 5.11 Å². The molecule has 0 unspecified atom stereocenters. The molecule has 3 aromatic carbocycles. The summed E-state index contributed by atoms with van der Waals surface area (Å²) in [5, 5.41) is 22.7. The van der Waals surface area contributed by atoms with Crippen LogP contribution in [0.15, 0.2) is 71.6 Å². The molecule has 3 aromatic rings. The molecule has 39 heavy (non-hydrogen) atoms. The number of rotatable bonds is 13. The van der Waals surface area contributed by atoms with E-state index < -0.39 is 27.6 Å². The number of aliphatic hydroxyl groups excluding tert-OH is 1. The largest absolute Gasteiger partial charge is 0.481 e. The molecule has 0 heterocycles. The van der Waals surface area contributed by atoms with Crippen LogP contribution in [0.4, 0.5) is 4.39 Å². The van der Waals surface area contributed by atoms with Crippen molar-refractivity contribution in [2.75, 3.05) is 20.1 Å². The molecule has 0 aliphatic rings. The summed E-state index contributed by atoms with van der Waals surface area (Å²) in [5.74, 6) is -1.11. The second-order valence-corrected chi connectivity index (χ2v) is 12.6. The Labute approximate surface area is 230 Å². The van der Waals surface area contributed by atoms with Gasteiger partial charge in [0.1, 0.15) is 5.82 Å². The Kier molecular flexibility index (Phi) is 10.0. The number of aliphatic hydroxyl groups is 1. The van der Waals surface area contributed by atoms with Crippen LogP contribution in [0.2, 0.25) is 0 Å². The molecule has 7 nitrogen and oxygen atoms in total. The van der Waals surface area contributed by atoms with Gasteiger partial charge in [0.2, 0.25) is 10.0 Å². The third-order valence-electron chi connectivity index (χ3n) is 6.62. The maximum atomic E-state index is 13.9. The highest BCUT2D eigenvalue weighted by Crippen LogP contribution is 2.25. The number of β-amino-alcohol motifs (C(OH)–C–C–N with tert-alkyl or cyclic N) is 1. The maximum Gasteiger partial charge on any atom is 0.303 e. The summed E-state index contributed by atoms with van der Waals surface area (Å²) in [6.45, 7) is 5.66.